The lowest BCUT2D eigenvalue weighted by atomic mass is 10.2. The molecule has 1 aliphatic heterocycles. The van der Waals surface area contributed by atoms with Crippen LogP contribution in [0.2, 0.25) is 0 Å². The first-order valence-electron chi connectivity index (χ1n) is 5.42. The maximum Gasteiger partial charge on any atom is 0.152 e. The Bertz CT molecular complexity index is 548. The Morgan fingerprint density at radius 1 is 1.35 bits per heavy atom. The summed E-state index contributed by atoms with van der Waals surface area (Å²) in [5.41, 5.74) is 0.544. The third kappa shape index (κ3) is 2.94. The minimum absolute atomic E-state index is 0.158. The van der Waals surface area contributed by atoms with E-state index in [0.717, 1.165) is 0 Å². The van der Waals surface area contributed by atoms with E-state index in [1.54, 1.807) is 18.3 Å². The third-order valence-electron chi connectivity index (χ3n) is 2.75. The van der Waals surface area contributed by atoms with E-state index in [4.69, 9.17) is 5.26 Å². The first-order valence-corrected chi connectivity index (χ1v) is 7.24. The van der Waals surface area contributed by atoms with Gasteiger partial charge >= 0.3 is 0 Å². The largest absolute Gasteiger partial charge is 0.356 e. The van der Waals surface area contributed by atoms with E-state index in [2.05, 4.69) is 11.1 Å². The van der Waals surface area contributed by atoms with E-state index in [9.17, 15) is 8.42 Å². The van der Waals surface area contributed by atoms with Gasteiger partial charge in [-0.3, -0.25) is 0 Å². The average molecular weight is 251 g/mol. The van der Waals surface area contributed by atoms with Gasteiger partial charge in [-0.1, -0.05) is 0 Å². The summed E-state index contributed by atoms with van der Waals surface area (Å²) in [4.78, 5) is 6.10. The number of sulfone groups is 1. The molecule has 1 fully saturated rings. The molecule has 0 amide bonds. The number of aromatic nitrogens is 1. The first-order chi connectivity index (χ1) is 8.11. The lowest BCUT2D eigenvalue weighted by Crippen LogP contribution is -2.27. The van der Waals surface area contributed by atoms with Gasteiger partial charge in [0.2, 0.25) is 0 Å². The van der Waals surface area contributed by atoms with Crippen molar-refractivity contribution in [1.82, 2.24) is 4.98 Å². The Kier molecular flexibility index (Phi) is 3.29. The van der Waals surface area contributed by atoms with Crippen LogP contribution in [0.5, 0.6) is 0 Å². The average Bonchev–Trinajstić information content (AvgIpc) is 2.50. The maximum absolute atomic E-state index is 11.5. The van der Waals surface area contributed by atoms with Crippen molar-refractivity contribution >= 4 is 15.7 Å². The van der Waals surface area contributed by atoms with Crippen molar-refractivity contribution in [1.29, 1.82) is 5.26 Å². The molecule has 0 bridgehead atoms. The Hall–Kier alpha value is -1.61. The van der Waals surface area contributed by atoms with E-state index in [1.165, 1.54) is 0 Å². The Labute approximate surface area is 101 Å². The van der Waals surface area contributed by atoms with Crippen molar-refractivity contribution in [2.45, 2.75) is 6.42 Å². The molecule has 0 atom stereocenters. The van der Waals surface area contributed by atoms with Crippen LogP contribution in [-0.4, -0.2) is 38.0 Å². The molecular formula is C11H13N3O2S. The number of nitriles is 1. The number of hydrogen-bond acceptors (Lipinski definition) is 5. The molecule has 1 saturated heterocycles. The molecule has 0 unspecified atom stereocenters. The van der Waals surface area contributed by atoms with Gasteiger partial charge in [-0.2, -0.15) is 5.26 Å². The minimum Gasteiger partial charge on any atom is -0.356 e. The van der Waals surface area contributed by atoms with Crippen molar-refractivity contribution in [2.75, 3.05) is 29.5 Å². The fourth-order valence-corrected chi connectivity index (χ4v) is 3.10. The molecule has 0 spiro atoms. The molecule has 1 aliphatic rings. The number of rotatable bonds is 1. The monoisotopic (exact) mass is 251 g/mol. The van der Waals surface area contributed by atoms with Gasteiger partial charge in [-0.05, 0) is 18.6 Å². The SMILES string of the molecule is N#Cc1ccnc(N2CCCS(=O)(=O)CC2)c1. The van der Waals surface area contributed by atoms with E-state index in [1.807, 2.05) is 4.90 Å². The van der Waals surface area contributed by atoms with Crippen molar-refractivity contribution in [2.24, 2.45) is 0 Å². The van der Waals surface area contributed by atoms with E-state index >= 15 is 0 Å². The molecule has 2 rings (SSSR count). The molecule has 6 heteroatoms. The van der Waals surface area contributed by atoms with Crippen molar-refractivity contribution in [3.8, 4) is 6.07 Å². The van der Waals surface area contributed by atoms with Crippen LogP contribution in [0, 0.1) is 11.3 Å². The maximum atomic E-state index is 11.5. The smallest absolute Gasteiger partial charge is 0.152 e. The molecule has 1 aromatic heterocycles. The number of hydrogen-bond donors (Lipinski definition) is 0. The molecular weight excluding hydrogens is 238 g/mol. The number of pyridine rings is 1. The summed E-state index contributed by atoms with van der Waals surface area (Å²) >= 11 is 0. The highest BCUT2D eigenvalue weighted by molar-refractivity contribution is 7.91. The molecule has 1 aromatic rings. The molecule has 2 heterocycles. The van der Waals surface area contributed by atoms with Crippen molar-refractivity contribution in [3.05, 3.63) is 23.9 Å². The van der Waals surface area contributed by atoms with E-state index < -0.39 is 9.84 Å². The lowest BCUT2D eigenvalue weighted by molar-refractivity contribution is 0.597. The van der Waals surface area contributed by atoms with Gasteiger partial charge in [-0.15, -0.1) is 0 Å². The Balaban J connectivity index is 2.20. The first kappa shape index (κ1) is 11.9. The van der Waals surface area contributed by atoms with Gasteiger partial charge in [0.25, 0.3) is 0 Å². The van der Waals surface area contributed by atoms with Gasteiger partial charge < -0.3 is 4.90 Å². The standard InChI is InChI=1S/C11H13N3O2S/c12-9-10-2-3-13-11(8-10)14-4-1-6-17(15,16)7-5-14/h2-3,8H,1,4-7H2. The topological polar surface area (TPSA) is 74.1 Å². The van der Waals surface area contributed by atoms with Crippen LogP contribution >= 0.6 is 0 Å². The summed E-state index contributed by atoms with van der Waals surface area (Å²) in [6.07, 6.45) is 2.19. The second-order valence-corrected chi connectivity index (χ2v) is 6.31. The van der Waals surface area contributed by atoms with Crippen LogP contribution in [0.15, 0.2) is 18.3 Å². The predicted molar refractivity (Wildman–Crippen MR) is 64.4 cm³/mol. The predicted octanol–water partition coefficient (Wildman–Crippen LogP) is 0.578. The van der Waals surface area contributed by atoms with E-state index in [0.29, 0.717) is 30.9 Å². The molecule has 5 nitrogen and oxygen atoms in total. The molecule has 0 saturated carbocycles. The summed E-state index contributed by atoms with van der Waals surface area (Å²) < 4.78 is 22.9. The zero-order chi connectivity index (χ0) is 12.3. The number of nitrogens with zero attached hydrogens (tertiary/aromatic N) is 3. The Morgan fingerprint density at radius 2 is 2.18 bits per heavy atom. The highest BCUT2D eigenvalue weighted by atomic mass is 32.2. The van der Waals surface area contributed by atoms with Crippen LogP contribution < -0.4 is 4.90 Å². The summed E-state index contributed by atoms with van der Waals surface area (Å²) in [6, 6.07) is 5.38. The highest BCUT2D eigenvalue weighted by Gasteiger charge is 2.19. The minimum atomic E-state index is -2.91. The lowest BCUT2D eigenvalue weighted by Gasteiger charge is -2.20. The molecule has 17 heavy (non-hydrogen) atoms. The third-order valence-corrected chi connectivity index (χ3v) is 4.47. The molecule has 90 valence electrons. The zero-order valence-corrected chi connectivity index (χ0v) is 10.2. The van der Waals surface area contributed by atoms with Crippen LogP contribution in [-0.2, 0) is 9.84 Å². The second kappa shape index (κ2) is 4.72. The quantitative estimate of drug-likeness (QED) is 0.730. The van der Waals surface area contributed by atoms with Gasteiger partial charge in [0.1, 0.15) is 5.82 Å². The molecule has 0 N–H and O–H groups in total. The second-order valence-electron chi connectivity index (χ2n) is 4.01. The van der Waals surface area contributed by atoms with Gasteiger partial charge in [0.15, 0.2) is 9.84 Å². The van der Waals surface area contributed by atoms with Crippen LogP contribution in [0.4, 0.5) is 5.82 Å². The van der Waals surface area contributed by atoms with Gasteiger partial charge in [0.05, 0.1) is 23.1 Å². The zero-order valence-electron chi connectivity index (χ0n) is 9.33. The van der Waals surface area contributed by atoms with Crippen LogP contribution in [0.25, 0.3) is 0 Å². The summed E-state index contributed by atoms with van der Waals surface area (Å²) in [7, 11) is -2.91. The van der Waals surface area contributed by atoms with Crippen LogP contribution in [0.1, 0.15) is 12.0 Å². The Morgan fingerprint density at radius 3 is 2.94 bits per heavy atom. The molecule has 0 radical (unpaired) electrons. The van der Waals surface area contributed by atoms with Crippen molar-refractivity contribution < 1.29 is 8.42 Å². The molecule has 0 aromatic carbocycles. The summed E-state index contributed by atoms with van der Waals surface area (Å²) in [6.45, 7) is 1.12. The van der Waals surface area contributed by atoms with Crippen molar-refractivity contribution in [3.63, 3.8) is 0 Å². The summed E-state index contributed by atoms with van der Waals surface area (Å²) in [5, 5.41) is 8.81. The van der Waals surface area contributed by atoms with Gasteiger partial charge in [-0.25, -0.2) is 13.4 Å². The molecule has 0 aliphatic carbocycles. The fourth-order valence-electron chi connectivity index (χ4n) is 1.83. The highest BCUT2D eigenvalue weighted by Crippen LogP contribution is 2.15. The van der Waals surface area contributed by atoms with Crippen LogP contribution in [0.3, 0.4) is 0 Å². The fraction of sp³-hybridized carbons (Fsp3) is 0.455. The normalized spacial score (nSPS) is 19.4. The summed E-state index contributed by atoms with van der Waals surface area (Å²) in [5.74, 6) is 1.08. The van der Waals surface area contributed by atoms with Gasteiger partial charge in [0, 0.05) is 19.3 Å². The number of anilines is 1. The van der Waals surface area contributed by atoms with E-state index in [-0.39, 0.29) is 11.5 Å².